The molecule has 8 nitrogen and oxygen atoms in total. The van der Waals surface area contributed by atoms with Crippen LogP contribution in [0.3, 0.4) is 0 Å². The number of carbonyl (C=O) groups is 1. The molecule has 2 aromatic heterocycles. The Morgan fingerprint density at radius 2 is 1.82 bits per heavy atom. The van der Waals surface area contributed by atoms with Gasteiger partial charge in [0, 0.05) is 24.7 Å². The van der Waals surface area contributed by atoms with E-state index in [0.29, 0.717) is 5.82 Å². The molecule has 8 heteroatoms. The number of benzene rings is 1. The molecule has 0 bridgehead atoms. The third-order valence-corrected chi connectivity index (χ3v) is 5.12. The van der Waals surface area contributed by atoms with E-state index in [4.69, 9.17) is 0 Å². The zero-order valence-electron chi connectivity index (χ0n) is 16.0. The van der Waals surface area contributed by atoms with Crippen LogP contribution in [0.25, 0.3) is 5.82 Å². The molecule has 1 saturated heterocycles. The van der Waals surface area contributed by atoms with Gasteiger partial charge in [-0.05, 0) is 50.5 Å². The summed E-state index contributed by atoms with van der Waals surface area (Å²) in [4.78, 5) is 18.7. The first-order chi connectivity index (χ1) is 13.6. The third-order valence-electron chi connectivity index (χ3n) is 5.12. The van der Waals surface area contributed by atoms with Crippen LogP contribution in [0.5, 0.6) is 0 Å². The number of aromatic nitrogens is 5. The molecular formula is C20H23N7O. The normalized spacial score (nSPS) is 14.9. The Bertz CT molecular complexity index is 945. The van der Waals surface area contributed by atoms with Gasteiger partial charge >= 0.3 is 0 Å². The molecule has 1 fully saturated rings. The van der Waals surface area contributed by atoms with Crippen LogP contribution in [0.4, 0.5) is 11.5 Å². The second-order valence-electron chi connectivity index (χ2n) is 7.16. The molecule has 0 radical (unpaired) electrons. The molecule has 0 atom stereocenters. The number of rotatable bonds is 4. The minimum Gasteiger partial charge on any atom is -0.355 e. The zero-order chi connectivity index (χ0) is 19.5. The fraction of sp³-hybridized carbons (Fsp3) is 0.350. The Labute approximate surface area is 163 Å². The van der Waals surface area contributed by atoms with Crippen molar-refractivity contribution < 1.29 is 4.79 Å². The fourth-order valence-electron chi connectivity index (χ4n) is 3.49. The van der Waals surface area contributed by atoms with Crippen molar-refractivity contribution in [3.05, 3.63) is 54.1 Å². The Morgan fingerprint density at radius 1 is 1.07 bits per heavy atom. The van der Waals surface area contributed by atoms with Crippen LogP contribution in [0.1, 0.15) is 24.0 Å². The topological polar surface area (TPSA) is 88.8 Å². The van der Waals surface area contributed by atoms with Crippen LogP contribution in [0, 0.1) is 19.8 Å². The largest absolute Gasteiger partial charge is 0.355 e. The Balaban J connectivity index is 1.34. The van der Waals surface area contributed by atoms with Gasteiger partial charge in [0.15, 0.2) is 11.6 Å². The summed E-state index contributed by atoms with van der Waals surface area (Å²) in [6.07, 6.45) is 4.64. The average molecular weight is 377 g/mol. The molecule has 1 N–H and O–H groups in total. The first kappa shape index (κ1) is 18.1. The molecule has 1 amide bonds. The van der Waals surface area contributed by atoms with Crippen LogP contribution in [0.2, 0.25) is 0 Å². The van der Waals surface area contributed by atoms with E-state index in [1.54, 1.807) is 11.0 Å². The summed E-state index contributed by atoms with van der Waals surface area (Å²) in [5.74, 6) is 1.56. The molecule has 1 aromatic carbocycles. The van der Waals surface area contributed by atoms with Crippen molar-refractivity contribution in [1.82, 2.24) is 25.0 Å². The monoisotopic (exact) mass is 377 g/mol. The third kappa shape index (κ3) is 3.85. The minimum absolute atomic E-state index is 0.0133. The number of piperidine rings is 1. The van der Waals surface area contributed by atoms with Gasteiger partial charge in [0.1, 0.15) is 12.7 Å². The van der Waals surface area contributed by atoms with Crippen molar-refractivity contribution in [3.8, 4) is 5.82 Å². The summed E-state index contributed by atoms with van der Waals surface area (Å²) in [5.41, 5.74) is 3.18. The minimum atomic E-state index is 0.0133. The molecule has 1 aliphatic heterocycles. The summed E-state index contributed by atoms with van der Waals surface area (Å²) in [7, 11) is 0. The van der Waals surface area contributed by atoms with E-state index in [9.17, 15) is 4.79 Å². The van der Waals surface area contributed by atoms with Gasteiger partial charge in [-0.15, -0.1) is 10.2 Å². The van der Waals surface area contributed by atoms with Gasteiger partial charge in [0.05, 0.1) is 0 Å². The number of aryl methyl sites for hydroxylation is 2. The molecule has 0 unspecified atom stereocenters. The van der Waals surface area contributed by atoms with Crippen LogP contribution in [0.15, 0.2) is 43.0 Å². The first-order valence-corrected chi connectivity index (χ1v) is 9.42. The Hall–Kier alpha value is -3.29. The van der Waals surface area contributed by atoms with E-state index in [1.807, 2.05) is 31.2 Å². The lowest BCUT2D eigenvalue weighted by molar-refractivity contribution is -0.120. The van der Waals surface area contributed by atoms with Crippen molar-refractivity contribution in [3.63, 3.8) is 0 Å². The summed E-state index contributed by atoms with van der Waals surface area (Å²) in [6.45, 7) is 5.63. The lowest BCUT2D eigenvalue weighted by atomic mass is 9.95. The molecule has 3 heterocycles. The zero-order valence-corrected chi connectivity index (χ0v) is 16.0. The van der Waals surface area contributed by atoms with Gasteiger partial charge in [-0.1, -0.05) is 17.7 Å². The predicted molar refractivity (Wildman–Crippen MR) is 106 cm³/mol. The summed E-state index contributed by atoms with van der Waals surface area (Å²) in [5, 5.41) is 15.6. The van der Waals surface area contributed by atoms with Crippen LogP contribution < -0.4 is 10.2 Å². The number of amides is 1. The number of hydrogen-bond acceptors (Lipinski definition) is 6. The summed E-state index contributed by atoms with van der Waals surface area (Å²) >= 11 is 0. The van der Waals surface area contributed by atoms with Gasteiger partial charge in [-0.2, -0.15) is 5.10 Å². The highest BCUT2D eigenvalue weighted by atomic mass is 16.1. The van der Waals surface area contributed by atoms with Crippen molar-refractivity contribution in [2.75, 3.05) is 23.3 Å². The van der Waals surface area contributed by atoms with Crippen molar-refractivity contribution >= 4 is 17.4 Å². The van der Waals surface area contributed by atoms with Gasteiger partial charge in [0.25, 0.3) is 0 Å². The van der Waals surface area contributed by atoms with Crippen molar-refractivity contribution in [1.29, 1.82) is 0 Å². The van der Waals surface area contributed by atoms with E-state index in [2.05, 4.69) is 43.5 Å². The van der Waals surface area contributed by atoms with Crippen LogP contribution in [-0.2, 0) is 4.79 Å². The quantitative estimate of drug-likeness (QED) is 0.752. The first-order valence-electron chi connectivity index (χ1n) is 9.42. The van der Waals surface area contributed by atoms with E-state index < -0.39 is 0 Å². The number of hydrogen-bond donors (Lipinski definition) is 1. The molecule has 0 saturated carbocycles. The fourth-order valence-corrected chi connectivity index (χ4v) is 3.49. The highest BCUT2D eigenvalue weighted by Gasteiger charge is 2.26. The van der Waals surface area contributed by atoms with Gasteiger partial charge in [0.2, 0.25) is 5.91 Å². The smallest absolute Gasteiger partial charge is 0.227 e. The molecule has 1 aliphatic rings. The van der Waals surface area contributed by atoms with Crippen molar-refractivity contribution in [2.45, 2.75) is 26.7 Å². The average Bonchev–Trinajstić information content (AvgIpc) is 3.25. The summed E-state index contributed by atoms with van der Waals surface area (Å²) in [6, 6.07) is 9.88. The maximum absolute atomic E-state index is 12.7. The molecule has 0 spiro atoms. The van der Waals surface area contributed by atoms with Crippen molar-refractivity contribution in [2.24, 2.45) is 5.92 Å². The van der Waals surface area contributed by atoms with Gasteiger partial charge < -0.3 is 10.2 Å². The molecule has 4 rings (SSSR count). The van der Waals surface area contributed by atoms with E-state index in [1.165, 1.54) is 11.9 Å². The SMILES string of the molecule is Cc1ccc(NC(=O)C2CCN(c3ccc(-n4cncn4)nn3)CC2)c(C)c1. The summed E-state index contributed by atoms with van der Waals surface area (Å²) < 4.78 is 1.57. The highest BCUT2D eigenvalue weighted by Crippen LogP contribution is 2.24. The molecule has 28 heavy (non-hydrogen) atoms. The van der Waals surface area contributed by atoms with E-state index in [-0.39, 0.29) is 11.8 Å². The standard InChI is InChI=1S/C20H23N7O/c1-14-3-4-17(15(2)11-14)23-20(28)16-7-9-26(10-8-16)18-5-6-19(25-24-18)27-13-21-12-22-27/h3-6,11-13,16H,7-10H2,1-2H3,(H,23,28). The number of nitrogens with one attached hydrogen (secondary N) is 1. The predicted octanol–water partition coefficient (Wildman–Crippen LogP) is 2.53. The maximum atomic E-state index is 12.7. The number of carbonyl (C=O) groups excluding carboxylic acids is 1. The van der Waals surface area contributed by atoms with Crippen LogP contribution >= 0.6 is 0 Å². The highest BCUT2D eigenvalue weighted by molar-refractivity contribution is 5.93. The molecule has 144 valence electrons. The van der Waals surface area contributed by atoms with Gasteiger partial charge in [-0.25, -0.2) is 9.67 Å². The molecule has 3 aromatic rings. The van der Waals surface area contributed by atoms with Crippen LogP contribution in [-0.4, -0.2) is 44.0 Å². The Morgan fingerprint density at radius 3 is 2.46 bits per heavy atom. The maximum Gasteiger partial charge on any atom is 0.227 e. The second-order valence-corrected chi connectivity index (χ2v) is 7.16. The second kappa shape index (κ2) is 7.75. The lowest BCUT2D eigenvalue weighted by Gasteiger charge is -2.31. The lowest BCUT2D eigenvalue weighted by Crippen LogP contribution is -2.38. The number of nitrogens with zero attached hydrogens (tertiary/aromatic N) is 6. The van der Waals surface area contributed by atoms with E-state index in [0.717, 1.165) is 43.0 Å². The Kier molecular flexibility index (Phi) is 5.01. The molecule has 0 aliphatic carbocycles. The van der Waals surface area contributed by atoms with E-state index >= 15 is 0 Å². The number of anilines is 2. The van der Waals surface area contributed by atoms with Gasteiger partial charge in [-0.3, -0.25) is 4.79 Å². The molecular weight excluding hydrogens is 354 g/mol.